The van der Waals surface area contributed by atoms with E-state index in [1.54, 1.807) is 14.0 Å². The van der Waals surface area contributed by atoms with Crippen LogP contribution in [0.3, 0.4) is 0 Å². The van der Waals surface area contributed by atoms with E-state index in [0.29, 0.717) is 5.69 Å². The van der Waals surface area contributed by atoms with Crippen molar-refractivity contribution in [2.24, 2.45) is 0 Å². The van der Waals surface area contributed by atoms with Crippen LogP contribution in [0.5, 0.6) is 0 Å². The fourth-order valence-corrected chi connectivity index (χ4v) is 4.00. The molecule has 2 heterocycles. The molecule has 2 unspecified atom stereocenters. The van der Waals surface area contributed by atoms with E-state index in [1.165, 1.54) is 28.5 Å². The molecule has 0 aromatic carbocycles. The van der Waals surface area contributed by atoms with Gasteiger partial charge in [0.2, 0.25) is 5.91 Å². The average Bonchev–Trinajstić information content (AvgIpc) is 2.95. The topological polar surface area (TPSA) is 96.3 Å². The van der Waals surface area contributed by atoms with Gasteiger partial charge in [0.15, 0.2) is 5.69 Å². The van der Waals surface area contributed by atoms with E-state index < -0.39 is 5.54 Å². The first-order chi connectivity index (χ1) is 13.8. The molecule has 3 rings (SSSR count). The van der Waals surface area contributed by atoms with E-state index in [-0.39, 0.29) is 42.0 Å². The summed E-state index contributed by atoms with van der Waals surface area (Å²) < 4.78 is 1.50. The average molecular weight is 404 g/mol. The number of hydrogen-bond donors (Lipinski definition) is 2. The Labute approximate surface area is 172 Å². The summed E-state index contributed by atoms with van der Waals surface area (Å²) in [4.78, 5) is 40.0. The fraction of sp³-hybridized carbons (Fsp3) is 0.714. The maximum absolute atomic E-state index is 13.2. The van der Waals surface area contributed by atoms with Gasteiger partial charge in [-0.25, -0.2) is 0 Å². The first-order valence-corrected chi connectivity index (χ1v) is 10.7. The van der Waals surface area contributed by atoms with Gasteiger partial charge >= 0.3 is 0 Å². The quantitative estimate of drug-likeness (QED) is 0.736. The number of aromatic nitrogens is 2. The first kappa shape index (κ1) is 21.3. The molecule has 1 aliphatic carbocycles. The second kappa shape index (κ2) is 8.55. The molecule has 29 heavy (non-hydrogen) atoms. The van der Waals surface area contributed by atoms with Gasteiger partial charge in [0.25, 0.3) is 11.8 Å². The lowest BCUT2D eigenvalue weighted by Gasteiger charge is -2.41. The molecule has 2 aliphatic rings. The molecule has 1 saturated carbocycles. The van der Waals surface area contributed by atoms with Crippen molar-refractivity contribution < 1.29 is 14.4 Å². The summed E-state index contributed by atoms with van der Waals surface area (Å²) in [7, 11) is 1.64. The number of amides is 3. The minimum Gasteiger partial charge on any atom is -0.351 e. The van der Waals surface area contributed by atoms with Crippen LogP contribution in [0, 0.1) is 0 Å². The monoisotopic (exact) mass is 403 g/mol. The third kappa shape index (κ3) is 4.31. The van der Waals surface area contributed by atoms with Gasteiger partial charge < -0.3 is 15.5 Å². The molecule has 160 valence electrons. The number of fused-ring (bicyclic) bond motifs is 1. The molecule has 3 amide bonds. The normalized spacial score (nSPS) is 23.9. The van der Waals surface area contributed by atoms with Crippen LogP contribution >= 0.6 is 0 Å². The molecule has 0 spiro atoms. The molecule has 2 N–H and O–H groups in total. The van der Waals surface area contributed by atoms with Crippen molar-refractivity contribution in [1.29, 1.82) is 0 Å². The Morgan fingerprint density at radius 3 is 2.55 bits per heavy atom. The summed E-state index contributed by atoms with van der Waals surface area (Å²) in [5.41, 5.74) is -0.510. The molecule has 8 heteroatoms. The lowest BCUT2D eigenvalue weighted by Crippen LogP contribution is -2.63. The Balaban J connectivity index is 1.79. The summed E-state index contributed by atoms with van der Waals surface area (Å²) in [6.45, 7) is 5.89. The summed E-state index contributed by atoms with van der Waals surface area (Å²) in [5, 5.41) is 10.4. The maximum atomic E-state index is 13.2. The predicted molar refractivity (Wildman–Crippen MR) is 110 cm³/mol. The summed E-state index contributed by atoms with van der Waals surface area (Å²) >= 11 is 0. The second-order valence-electron chi connectivity index (χ2n) is 8.66. The zero-order valence-electron chi connectivity index (χ0n) is 18.0. The molecule has 1 aromatic heterocycles. The standard InChI is InChI=1S/C21H33N5O3/c1-5-14(2)22-18(27)16-12-17-19(28)25(4)21(3,13-26(17)24-16)20(29)23-15-10-8-6-7-9-11-15/h12,14-15H,5-11,13H2,1-4H3,(H,22,27)(H,23,29). The van der Waals surface area contributed by atoms with Gasteiger partial charge in [-0.15, -0.1) is 0 Å². The van der Waals surface area contributed by atoms with Crippen LogP contribution in [0.4, 0.5) is 0 Å². The van der Waals surface area contributed by atoms with E-state index in [9.17, 15) is 14.4 Å². The van der Waals surface area contributed by atoms with Crippen molar-refractivity contribution >= 4 is 17.7 Å². The van der Waals surface area contributed by atoms with Crippen molar-refractivity contribution in [2.75, 3.05) is 7.05 Å². The smallest absolute Gasteiger partial charge is 0.272 e. The van der Waals surface area contributed by atoms with Gasteiger partial charge in [0.1, 0.15) is 11.2 Å². The van der Waals surface area contributed by atoms with Crippen LogP contribution < -0.4 is 10.6 Å². The van der Waals surface area contributed by atoms with Crippen LogP contribution in [0.2, 0.25) is 0 Å². The highest BCUT2D eigenvalue weighted by Gasteiger charge is 2.46. The lowest BCUT2D eigenvalue weighted by atomic mass is 9.95. The molecular weight excluding hydrogens is 370 g/mol. The molecule has 8 nitrogen and oxygen atoms in total. The summed E-state index contributed by atoms with van der Waals surface area (Å²) in [6.07, 6.45) is 7.42. The van der Waals surface area contributed by atoms with Crippen LogP contribution in [0.15, 0.2) is 6.07 Å². The van der Waals surface area contributed by atoms with Crippen molar-refractivity contribution in [1.82, 2.24) is 25.3 Å². The van der Waals surface area contributed by atoms with E-state index in [4.69, 9.17) is 0 Å². The Bertz CT molecular complexity index is 781. The summed E-state index contributed by atoms with van der Waals surface area (Å²) in [5.74, 6) is -0.766. The fourth-order valence-electron chi connectivity index (χ4n) is 4.00. The Hall–Kier alpha value is -2.38. The van der Waals surface area contributed by atoms with E-state index in [2.05, 4.69) is 15.7 Å². The Morgan fingerprint density at radius 2 is 1.93 bits per heavy atom. The molecule has 2 atom stereocenters. The molecule has 1 aromatic rings. The zero-order valence-corrected chi connectivity index (χ0v) is 18.0. The number of rotatable bonds is 5. The Kier molecular flexibility index (Phi) is 6.29. The highest BCUT2D eigenvalue weighted by Crippen LogP contribution is 2.27. The summed E-state index contributed by atoms with van der Waals surface area (Å²) in [6, 6.07) is 1.69. The number of nitrogens with one attached hydrogen (secondary N) is 2. The highest BCUT2D eigenvalue weighted by molar-refractivity contribution is 6.01. The van der Waals surface area contributed by atoms with Gasteiger partial charge in [-0.05, 0) is 33.1 Å². The van der Waals surface area contributed by atoms with Crippen LogP contribution in [0.25, 0.3) is 0 Å². The van der Waals surface area contributed by atoms with Gasteiger partial charge in [0, 0.05) is 25.2 Å². The first-order valence-electron chi connectivity index (χ1n) is 10.7. The minimum absolute atomic E-state index is 0.0234. The van der Waals surface area contributed by atoms with E-state index >= 15 is 0 Å². The van der Waals surface area contributed by atoms with Crippen LogP contribution in [0.1, 0.15) is 86.7 Å². The lowest BCUT2D eigenvalue weighted by molar-refractivity contribution is -0.133. The minimum atomic E-state index is -1.05. The molecule has 1 aliphatic heterocycles. The number of hydrogen-bond acceptors (Lipinski definition) is 4. The van der Waals surface area contributed by atoms with E-state index in [0.717, 1.165) is 32.1 Å². The molecule has 1 fully saturated rings. The van der Waals surface area contributed by atoms with Crippen LogP contribution in [-0.4, -0.2) is 57.1 Å². The highest BCUT2D eigenvalue weighted by atomic mass is 16.2. The second-order valence-corrected chi connectivity index (χ2v) is 8.66. The van der Waals surface area contributed by atoms with Gasteiger partial charge in [-0.3, -0.25) is 19.1 Å². The number of carbonyl (C=O) groups is 3. The maximum Gasteiger partial charge on any atom is 0.272 e. The van der Waals surface area contributed by atoms with Gasteiger partial charge in [-0.2, -0.15) is 5.10 Å². The largest absolute Gasteiger partial charge is 0.351 e. The van der Waals surface area contributed by atoms with Crippen molar-refractivity contribution in [3.8, 4) is 0 Å². The van der Waals surface area contributed by atoms with E-state index in [1.807, 2.05) is 13.8 Å². The zero-order chi connectivity index (χ0) is 21.2. The number of nitrogens with zero attached hydrogens (tertiary/aromatic N) is 3. The van der Waals surface area contributed by atoms with Gasteiger partial charge in [0.05, 0.1) is 6.54 Å². The molecular formula is C21H33N5O3. The van der Waals surface area contributed by atoms with Crippen molar-refractivity contribution in [3.05, 3.63) is 17.5 Å². The number of likely N-dealkylation sites (N-methyl/N-ethyl adjacent to an activating group) is 1. The van der Waals surface area contributed by atoms with Crippen molar-refractivity contribution in [2.45, 2.75) is 89.9 Å². The predicted octanol–water partition coefficient (Wildman–Crippen LogP) is 2.09. The molecule has 0 bridgehead atoms. The SMILES string of the molecule is CCC(C)NC(=O)c1cc2n(n1)CC(C)(C(=O)NC1CCCCCC1)N(C)C2=O. The Morgan fingerprint density at radius 1 is 1.28 bits per heavy atom. The molecule has 0 radical (unpaired) electrons. The third-order valence-corrected chi connectivity index (χ3v) is 6.40. The van der Waals surface area contributed by atoms with Crippen molar-refractivity contribution in [3.63, 3.8) is 0 Å². The van der Waals surface area contributed by atoms with Gasteiger partial charge in [-0.1, -0.05) is 32.6 Å². The molecule has 0 saturated heterocycles. The third-order valence-electron chi connectivity index (χ3n) is 6.40. The van der Waals surface area contributed by atoms with Crippen LogP contribution in [-0.2, 0) is 11.3 Å². The number of carbonyl (C=O) groups excluding carboxylic acids is 3.